The Balaban J connectivity index is 1.78. The monoisotopic (exact) mass is 409 g/mol. The minimum absolute atomic E-state index is 0.115. The maximum absolute atomic E-state index is 13.0. The van der Waals surface area contributed by atoms with Crippen LogP contribution < -0.4 is 20.3 Å². The number of para-hydroxylation sites is 3. The lowest BCUT2D eigenvalue weighted by atomic mass is 9.98. The Morgan fingerprint density at radius 1 is 1.17 bits per heavy atom. The summed E-state index contributed by atoms with van der Waals surface area (Å²) in [5.41, 5.74) is 3.84. The zero-order chi connectivity index (χ0) is 21.7. The number of nitrogens with zero attached hydrogens (tertiary/aromatic N) is 1. The number of rotatable bonds is 7. The van der Waals surface area contributed by atoms with E-state index in [9.17, 15) is 9.59 Å². The SMILES string of the molecule is CCCNC(=O)[C@@H]1CN(CC(=O)Nc2c(C)cccc2C(C)C)c2ccccc2O1. The number of benzene rings is 2. The molecule has 1 aliphatic rings. The standard InChI is InChI=1S/C24H31N3O3/c1-5-13-25-24(29)21-14-27(19-11-6-7-12-20(19)30-21)15-22(28)26-23-17(4)9-8-10-18(23)16(2)3/h6-12,16,21H,5,13-15H2,1-4H3,(H,25,29)(H,26,28)/t21-/m0/s1. The number of hydrogen-bond donors (Lipinski definition) is 2. The molecule has 0 aromatic heterocycles. The number of nitrogens with one attached hydrogen (secondary N) is 2. The Morgan fingerprint density at radius 3 is 2.67 bits per heavy atom. The van der Waals surface area contributed by atoms with Gasteiger partial charge in [0.15, 0.2) is 6.10 Å². The highest BCUT2D eigenvalue weighted by Gasteiger charge is 2.31. The fourth-order valence-electron chi connectivity index (χ4n) is 3.65. The van der Waals surface area contributed by atoms with Gasteiger partial charge in [0, 0.05) is 12.2 Å². The quantitative estimate of drug-likeness (QED) is 0.729. The van der Waals surface area contributed by atoms with Crippen molar-refractivity contribution in [1.29, 1.82) is 0 Å². The molecule has 1 aliphatic heterocycles. The molecular weight excluding hydrogens is 378 g/mol. The number of carbonyl (C=O) groups is 2. The highest BCUT2D eigenvalue weighted by Crippen LogP contribution is 2.33. The summed E-state index contributed by atoms with van der Waals surface area (Å²) in [5, 5.41) is 5.98. The van der Waals surface area contributed by atoms with Crippen LogP contribution >= 0.6 is 0 Å². The van der Waals surface area contributed by atoms with Crippen LogP contribution in [0.15, 0.2) is 42.5 Å². The third-order valence-electron chi connectivity index (χ3n) is 5.23. The van der Waals surface area contributed by atoms with Crippen molar-refractivity contribution >= 4 is 23.2 Å². The number of aryl methyl sites for hydroxylation is 1. The van der Waals surface area contributed by atoms with Gasteiger partial charge in [-0.25, -0.2) is 0 Å². The molecule has 0 unspecified atom stereocenters. The molecule has 6 heteroatoms. The average molecular weight is 410 g/mol. The normalized spacial score (nSPS) is 15.4. The van der Waals surface area contributed by atoms with Gasteiger partial charge in [-0.1, -0.05) is 51.1 Å². The van der Waals surface area contributed by atoms with Crippen LogP contribution in [0.25, 0.3) is 0 Å². The second kappa shape index (κ2) is 9.65. The first-order valence-corrected chi connectivity index (χ1v) is 10.6. The van der Waals surface area contributed by atoms with Crippen molar-refractivity contribution in [3.8, 4) is 5.75 Å². The van der Waals surface area contributed by atoms with Gasteiger partial charge in [-0.15, -0.1) is 0 Å². The molecule has 0 saturated carbocycles. The summed E-state index contributed by atoms with van der Waals surface area (Å²) in [7, 11) is 0. The summed E-state index contributed by atoms with van der Waals surface area (Å²) >= 11 is 0. The van der Waals surface area contributed by atoms with Crippen molar-refractivity contribution in [2.75, 3.05) is 29.9 Å². The predicted octanol–water partition coefficient (Wildman–Crippen LogP) is 3.85. The molecule has 3 rings (SSSR count). The lowest BCUT2D eigenvalue weighted by molar-refractivity contribution is -0.128. The summed E-state index contributed by atoms with van der Waals surface area (Å²) in [4.78, 5) is 27.4. The Morgan fingerprint density at radius 2 is 1.93 bits per heavy atom. The fraction of sp³-hybridized carbons (Fsp3) is 0.417. The van der Waals surface area contributed by atoms with Crippen LogP contribution in [0.3, 0.4) is 0 Å². The van der Waals surface area contributed by atoms with Gasteiger partial charge in [-0.2, -0.15) is 0 Å². The van der Waals surface area contributed by atoms with Gasteiger partial charge >= 0.3 is 0 Å². The summed E-state index contributed by atoms with van der Waals surface area (Å²) in [5.74, 6) is 0.649. The third-order valence-corrected chi connectivity index (χ3v) is 5.23. The average Bonchev–Trinajstić information content (AvgIpc) is 2.73. The number of hydrogen-bond acceptors (Lipinski definition) is 4. The molecule has 0 radical (unpaired) electrons. The molecule has 2 aromatic carbocycles. The maximum atomic E-state index is 13.0. The van der Waals surface area contributed by atoms with E-state index in [-0.39, 0.29) is 18.4 Å². The highest BCUT2D eigenvalue weighted by atomic mass is 16.5. The molecule has 0 spiro atoms. The van der Waals surface area contributed by atoms with Crippen LogP contribution in [0, 0.1) is 6.92 Å². The molecule has 2 N–H and O–H groups in total. The third kappa shape index (κ3) is 4.93. The molecule has 0 fully saturated rings. The molecule has 30 heavy (non-hydrogen) atoms. The summed E-state index contributed by atoms with van der Waals surface area (Å²) < 4.78 is 5.91. The van der Waals surface area contributed by atoms with E-state index in [0.717, 1.165) is 28.9 Å². The van der Waals surface area contributed by atoms with Gasteiger partial charge in [-0.3, -0.25) is 9.59 Å². The smallest absolute Gasteiger partial charge is 0.262 e. The van der Waals surface area contributed by atoms with Gasteiger partial charge in [-0.05, 0) is 42.5 Å². The van der Waals surface area contributed by atoms with Gasteiger partial charge in [0.2, 0.25) is 5.91 Å². The molecule has 0 bridgehead atoms. The minimum Gasteiger partial charge on any atom is -0.477 e. The van der Waals surface area contributed by atoms with Crippen LogP contribution in [0.1, 0.15) is 44.2 Å². The summed E-state index contributed by atoms with van der Waals surface area (Å²) in [6, 6.07) is 13.6. The van der Waals surface area contributed by atoms with Crippen molar-refractivity contribution in [2.45, 2.75) is 46.1 Å². The van der Waals surface area contributed by atoms with Gasteiger partial charge in [0.05, 0.1) is 18.8 Å². The number of amides is 2. The van der Waals surface area contributed by atoms with Crippen LogP contribution in [-0.2, 0) is 9.59 Å². The maximum Gasteiger partial charge on any atom is 0.262 e. The van der Waals surface area contributed by atoms with Crippen molar-refractivity contribution in [3.63, 3.8) is 0 Å². The van der Waals surface area contributed by atoms with Gasteiger partial charge in [0.1, 0.15) is 5.75 Å². The topological polar surface area (TPSA) is 70.7 Å². The number of carbonyl (C=O) groups excluding carboxylic acids is 2. The molecule has 160 valence electrons. The molecule has 6 nitrogen and oxygen atoms in total. The largest absolute Gasteiger partial charge is 0.477 e. The van der Waals surface area contributed by atoms with Crippen molar-refractivity contribution in [1.82, 2.24) is 5.32 Å². The Bertz CT molecular complexity index is 910. The van der Waals surface area contributed by atoms with E-state index in [1.54, 1.807) is 0 Å². The first-order valence-electron chi connectivity index (χ1n) is 10.6. The minimum atomic E-state index is -0.649. The highest BCUT2D eigenvalue weighted by molar-refractivity contribution is 5.96. The lowest BCUT2D eigenvalue weighted by Crippen LogP contribution is -2.50. The first kappa shape index (κ1) is 21.7. The van der Waals surface area contributed by atoms with E-state index < -0.39 is 6.10 Å². The Kier molecular flexibility index (Phi) is 6.98. The lowest BCUT2D eigenvalue weighted by Gasteiger charge is -2.35. The van der Waals surface area contributed by atoms with E-state index in [0.29, 0.717) is 24.8 Å². The van der Waals surface area contributed by atoms with Crippen LogP contribution in [-0.4, -0.2) is 37.6 Å². The van der Waals surface area contributed by atoms with Crippen molar-refractivity contribution < 1.29 is 14.3 Å². The molecule has 2 amide bonds. The van der Waals surface area contributed by atoms with E-state index in [4.69, 9.17) is 4.74 Å². The number of anilines is 2. The van der Waals surface area contributed by atoms with Crippen molar-refractivity contribution in [3.05, 3.63) is 53.6 Å². The first-order chi connectivity index (χ1) is 14.4. The molecule has 1 heterocycles. The van der Waals surface area contributed by atoms with Crippen molar-refractivity contribution in [2.24, 2.45) is 0 Å². The van der Waals surface area contributed by atoms with Gasteiger partial charge < -0.3 is 20.3 Å². The van der Waals surface area contributed by atoms with E-state index >= 15 is 0 Å². The summed E-state index contributed by atoms with van der Waals surface area (Å²) in [6.07, 6.45) is 0.208. The molecule has 1 atom stereocenters. The molecule has 0 saturated heterocycles. The zero-order valence-electron chi connectivity index (χ0n) is 18.2. The van der Waals surface area contributed by atoms with Gasteiger partial charge in [0.25, 0.3) is 5.91 Å². The zero-order valence-corrected chi connectivity index (χ0v) is 18.2. The summed E-state index contributed by atoms with van der Waals surface area (Å²) in [6.45, 7) is 9.30. The van der Waals surface area contributed by atoms with E-state index in [1.807, 2.05) is 61.2 Å². The molecular formula is C24H31N3O3. The Labute approximate surface area is 178 Å². The van der Waals surface area contributed by atoms with Crippen LogP contribution in [0.2, 0.25) is 0 Å². The fourth-order valence-corrected chi connectivity index (χ4v) is 3.65. The predicted molar refractivity (Wildman–Crippen MR) is 120 cm³/mol. The number of fused-ring (bicyclic) bond motifs is 1. The van der Waals surface area contributed by atoms with E-state index in [2.05, 4.69) is 24.5 Å². The van der Waals surface area contributed by atoms with Crippen LogP contribution in [0.4, 0.5) is 11.4 Å². The number of ether oxygens (including phenoxy) is 1. The Hall–Kier alpha value is -3.02. The van der Waals surface area contributed by atoms with Crippen LogP contribution in [0.5, 0.6) is 5.75 Å². The second-order valence-electron chi connectivity index (χ2n) is 7.99. The molecule has 2 aromatic rings. The van der Waals surface area contributed by atoms with E-state index in [1.165, 1.54) is 0 Å². The second-order valence-corrected chi connectivity index (χ2v) is 7.99. The molecule has 0 aliphatic carbocycles.